The summed E-state index contributed by atoms with van der Waals surface area (Å²) in [5, 5.41) is 16.0. The molecule has 0 fully saturated rings. The maximum atomic E-state index is 11.4. The van der Waals surface area contributed by atoms with Gasteiger partial charge in [-0.1, -0.05) is 6.07 Å². The molecule has 0 unspecified atom stereocenters. The van der Waals surface area contributed by atoms with Crippen LogP contribution in [-0.2, 0) is 4.79 Å². The number of carbonyl (C=O) groups excluding carboxylic acids is 1. The number of amides is 1. The first-order valence-corrected chi connectivity index (χ1v) is 7.23. The molecule has 0 aromatic heterocycles. The van der Waals surface area contributed by atoms with Crippen LogP contribution in [0.3, 0.4) is 0 Å². The standard InChI is InChI=1S/C17H15N3O4/c1-10(19-20-13-4-2-3-12(7-13)17(22)23)11-5-6-15-14(8-11)18-16(21)9-24-15/h2-8,20H,9H2,1H3,(H,18,21)(H,22,23)/b19-10+. The van der Waals surface area contributed by atoms with Gasteiger partial charge in [-0.15, -0.1) is 0 Å². The predicted molar refractivity (Wildman–Crippen MR) is 89.8 cm³/mol. The second-order valence-electron chi connectivity index (χ2n) is 5.24. The van der Waals surface area contributed by atoms with Crippen LogP contribution in [0.1, 0.15) is 22.8 Å². The lowest BCUT2D eigenvalue weighted by atomic mass is 10.1. The molecule has 3 N–H and O–H groups in total. The first-order chi connectivity index (χ1) is 11.5. The number of aromatic carboxylic acids is 1. The average molecular weight is 325 g/mol. The van der Waals surface area contributed by atoms with E-state index in [1.807, 2.05) is 6.07 Å². The van der Waals surface area contributed by atoms with Crippen LogP contribution in [0.4, 0.5) is 11.4 Å². The van der Waals surface area contributed by atoms with Crippen LogP contribution in [-0.4, -0.2) is 29.3 Å². The van der Waals surface area contributed by atoms with Crippen molar-refractivity contribution in [1.82, 2.24) is 0 Å². The van der Waals surface area contributed by atoms with Gasteiger partial charge in [-0.3, -0.25) is 10.2 Å². The van der Waals surface area contributed by atoms with Gasteiger partial charge in [0.2, 0.25) is 0 Å². The van der Waals surface area contributed by atoms with Crippen molar-refractivity contribution in [3.05, 3.63) is 53.6 Å². The van der Waals surface area contributed by atoms with Crippen LogP contribution < -0.4 is 15.5 Å². The Morgan fingerprint density at radius 2 is 2.08 bits per heavy atom. The lowest BCUT2D eigenvalue weighted by Gasteiger charge is -2.18. The fourth-order valence-corrected chi connectivity index (χ4v) is 2.24. The molecule has 7 heteroatoms. The number of hydrogen-bond donors (Lipinski definition) is 3. The van der Waals surface area contributed by atoms with Crippen LogP contribution >= 0.6 is 0 Å². The number of carboxylic acid groups (broad SMARTS) is 1. The highest BCUT2D eigenvalue weighted by Gasteiger charge is 2.16. The van der Waals surface area contributed by atoms with E-state index in [9.17, 15) is 9.59 Å². The van der Waals surface area contributed by atoms with E-state index in [4.69, 9.17) is 9.84 Å². The molecular weight excluding hydrogens is 310 g/mol. The van der Waals surface area contributed by atoms with E-state index in [1.54, 1.807) is 31.2 Å². The number of nitrogens with zero attached hydrogens (tertiary/aromatic N) is 1. The fourth-order valence-electron chi connectivity index (χ4n) is 2.24. The van der Waals surface area contributed by atoms with Crippen LogP contribution in [0.2, 0.25) is 0 Å². The lowest BCUT2D eigenvalue weighted by molar-refractivity contribution is -0.118. The Bertz CT molecular complexity index is 845. The summed E-state index contributed by atoms with van der Waals surface area (Å²) in [6.07, 6.45) is 0. The van der Waals surface area contributed by atoms with Gasteiger partial charge in [0, 0.05) is 0 Å². The molecule has 0 aliphatic carbocycles. The topological polar surface area (TPSA) is 100 Å². The molecule has 2 aromatic carbocycles. The van der Waals surface area contributed by atoms with Gasteiger partial charge in [-0.05, 0) is 48.9 Å². The summed E-state index contributed by atoms with van der Waals surface area (Å²) < 4.78 is 5.31. The van der Waals surface area contributed by atoms with E-state index >= 15 is 0 Å². The van der Waals surface area contributed by atoms with Crippen LogP contribution in [0.5, 0.6) is 5.75 Å². The maximum Gasteiger partial charge on any atom is 0.335 e. The molecule has 24 heavy (non-hydrogen) atoms. The molecule has 0 saturated heterocycles. The Kier molecular flexibility index (Phi) is 4.15. The molecule has 7 nitrogen and oxygen atoms in total. The number of carbonyl (C=O) groups is 2. The predicted octanol–water partition coefficient (Wildman–Crippen LogP) is 2.55. The van der Waals surface area contributed by atoms with E-state index in [1.165, 1.54) is 12.1 Å². The molecule has 0 radical (unpaired) electrons. The van der Waals surface area contributed by atoms with Crippen LogP contribution in [0.25, 0.3) is 0 Å². The highest BCUT2D eigenvalue weighted by atomic mass is 16.5. The summed E-state index contributed by atoms with van der Waals surface area (Å²) in [7, 11) is 0. The minimum absolute atomic E-state index is 0.0148. The van der Waals surface area contributed by atoms with E-state index in [-0.39, 0.29) is 18.1 Å². The Balaban J connectivity index is 1.79. The van der Waals surface area contributed by atoms with Gasteiger partial charge in [-0.2, -0.15) is 5.10 Å². The number of anilines is 2. The van der Waals surface area contributed by atoms with Gasteiger partial charge in [0.1, 0.15) is 5.75 Å². The third kappa shape index (κ3) is 3.35. The smallest absolute Gasteiger partial charge is 0.335 e. The molecule has 2 aromatic rings. The largest absolute Gasteiger partial charge is 0.482 e. The summed E-state index contributed by atoms with van der Waals surface area (Å²) >= 11 is 0. The van der Waals surface area contributed by atoms with E-state index in [0.717, 1.165) is 5.56 Å². The van der Waals surface area contributed by atoms with Gasteiger partial charge < -0.3 is 15.2 Å². The molecule has 3 rings (SSSR count). The zero-order valence-electron chi connectivity index (χ0n) is 12.9. The van der Waals surface area contributed by atoms with Crippen molar-refractivity contribution >= 4 is 29.0 Å². The third-order valence-corrected chi connectivity index (χ3v) is 3.49. The summed E-state index contributed by atoms with van der Waals surface area (Å²) in [5.74, 6) is -0.573. The average Bonchev–Trinajstić information content (AvgIpc) is 2.59. The monoisotopic (exact) mass is 325 g/mol. The normalized spacial score (nSPS) is 13.5. The Labute approximate surface area is 138 Å². The maximum absolute atomic E-state index is 11.4. The highest BCUT2D eigenvalue weighted by Crippen LogP contribution is 2.28. The molecular formula is C17H15N3O4. The van der Waals surface area contributed by atoms with Crippen molar-refractivity contribution in [1.29, 1.82) is 0 Å². The van der Waals surface area contributed by atoms with Crippen molar-refractivity contribution in [3.63, 3.8) is 0 Å². The number of ether oxygens (including phenoxy) is 1. The molecule has 1 aliphatic rings. The quantitative estimate of drug-likeness (QED) is 0.592. The molecule has 1 amide bonds. The van der Waals surface area contributed by atoms with Gasteiger partial charge in [0.05, 0.1) is 22.6 Å². The second-order valence-corrected chi connectivity index (χ2v) is 5.24. The molecule has 1 aliphatic heterocycles. The summed E-state index contributed by atoms with van der Waals surface area (Å²) in [4.78, 5) is 22.3. The van der Waals surface area contributed by atoms with Gasteiger partial charge >= 0.3 is 5.97 Å². The minimum atomic E-state index is -0.996. The molecule has 122 valence electrons. The SMILES string of the molecule is C/C(=N\Nc1cccc(C(=O)O)c1)c1ccc2c(c1)NC(=O)CO2. The Morgan fingerprint density at radius 3 is 2.88 bits per heavy atom. The number of rotatable bonds is 4. The zero-order chi connectivity index (χ0) is 17.1. The van der Waals surface area contributed by atoms with Crippen molar-refractivity contribution in [2.75, 3.05) is 17.3 Å². The zero-order valence-corrected chi connectivity index (χ0v) is 12.9. The number of fused-ring (bicyclic) bond motifs is 1. The summed E-state index contributed by atoms with van der Waals surface area (Å²) in [6, 6.07) is 11.8. The minimum Gasteiger partial charge on any atom is -0.482 e. The number of carboxylic acids is 1. The number of hydrazone groups is 1. The molecule has 0 saturated carbocycles. The third-order valence-electron chi connectivity index (χ3n) is 3.49. The summed E-state index contributed by atoms with van der Waals surface area (Å²) in [6.45, 7) is 1.82. The van der Waals surface area contributed by atoms with Crippen molar-refractivity contribution < 1.29 is 19.4 Å². The second kappa shape index (κ2) is 6.41. The van der Waals surface area contributed by atoms with Gasteiger partial charge in [0.25, 0.3) is 5.91 Å². The number of hydrogen-bond acceptors (Lipinski definition) is 5. The summed E-state index contributed by atoms with van der Waals surface area (Å²) in [5.41, 5.74) is 5.68. The number of benzene rings is 2. The van der Waals surface area contributed by atoms with Crippen molar-refractivity contribution in [3.8, 4) is 5.75 Å². The van der Waals surface area contributed by atoms with Gasteiger partial charge in [-0.25, -0.2) is 4.79 Å². The first-order valence-electron chi connectivity index (χ1n) is 7.23. The Hall–Kier alpha value is -3.35. The molecule has 0 spiro atoms. The molecule has 0 bridgehead atoms. The van der Waals surface area contributed by atoms with Crippen molar-refractivity contribution in [2.24, 2.45) is 5.10 Å². The Morgan fingerprint density at radius 1 is 1.25 bits per heavy atom. The highest BCUT2D eigenvalue weighted by molar-refractivity contribution is 6.02. The lowest BCUT2D eigenvalue weighted by Crippen LogP contribution is -2.25. The van der Waals surface area contributed by atoms with E-state index in [0.29, 0.717) is 22.8 Å². The molecule has 0 atom stereocenters. The van der Waals surface area contributed by atoms with Crippen molar-refractivity contribution in [2.45, 2.75) is 6.92 Å². The van der Waals surface area contributed by atoms with Crippen LogP contribution in [0.15, 0.2) is 47.6 Å². The van der Waals surface area contributed by atoms with E-state index in [2.05, 4.69) is 15.8 Å². The number of nitrogens with one attached hydrogen (secondary N) is 2. The van der Waals surface area contributed by atoms with E-state index < -0.39 is 5.97 Å². The molecule has 1 heterocycles. The fraction of sp³-hybridized carbons (Fsp3) is 0.118. The first kappa shape index (κ1) is 15.5. The van der Waals surface area contributed by atoms with Gasteiger partial charge in [0.15, 0.2) is 6.61 Å². The van der Waals surface area contributed by atoms with Crippen LogP contribution in [0, 0.1) is 0 Å².